The minimum absolute atomic E-state index is 0.0795. The quantitative estimate of drug-likeness (QED) is 0.850. The smallest absolute Gasteiger partial charge is 0.243 e. The molecule has 21 heavy (non-hydrogen) atoms. The van der Waals surface area contributed by atoms with E-state index >= 15 is 0 Å². The third-order valence-electron chi connectivity index (χ3n) is 3.39. The molecule has 0 aromatic carbocycles. The second-order valence-corrected chi connectivity index (χ2v) is 5.64. The second kappa shape index (κ2) is 7.62. The normalized spacial score (nSPS) is 12.3. The SMILES string of the molecule is CC(C)C[C@@H](C(=O)NCCc1ccccn1)n1cccc1. The maximum atomic E-state index is 12.4. The Balaban J connectivity index is 1.90. The molecule has 0 aliphatic carbocycles. The number of pyridine rings is 1. The van der Waals surface area contributed by atoms with E-state index in [-0.39, 0.29) is 11.9 Å². The number of amides is 1. The van der Waals surface area contributed by atoms with Crippen LogP contribution < -0.4 is 5.32 Å². The predicted molar refractivity (Wildman–Crippen MR) is 83.9 cm³/mol. The van der Waals surface area contributed by atoms with Crippen molar-refractivity contribution < 1.29 is 4.79 Å². The van der Waals surface area contributed by atoms with Crippen molar-refractivity contribution in [3.8, 4) is 0 Å². The topological polar surface area (TPSA) is 46.9 Å². The highest BCUT2D eigenvalue weighted by Gasteiger charge is 2.20. The summed E-state index contributed by atoms with van der Waals surface area (Å²) in [6, 6.07) is 9.61. The van der Waals surface area contributed by atoms with E-state index in [9.17, 15) is 4.79 Å². The molecule has 112 valence electrons. The van der Waals surface area contributed by atoms with Gasteiger partial charge in [-0.05, 0) is 36.6 Å². The number of nitrogens with one attached hydrogen (secondary N) is 1. The largest absolute Gasteiger partial charge is 0.354 e. The zero-order chi connectivity index (χ0) is 15.1. The van der Waals surface area contributed by atoms with Gasteiger partial charge in [0.1, 0.15) is 6.04 Å². The second-order valence-electron chi connectivity index (χ2n) is 5.64. The molecule has 2 rings (SSSR count). The number of aromatic nitrogens is 2. The van der Waals surface area contributed by atoms with E-state index in [4.69, 9.17) is 0 Å². The summed E-state index contributed by atoms with van der Waals surface area (Å²) in [5.41, 5.74) is 0.999. The van der Waals surface area contributed by atoms with Crippen LogP contribution in [0.4, 0.5) is 0 Å². The predicted octanol–water partition coefficient (Wildman–Crippen LogP) is 2.83. The summed E-state index contributed by atoms with van der Waals surface area (Å²) in [5.74, 6) is 0.551. The molecule has 2 aromatic rings. The van der Waals surface area contributed by atoms with Crippen molar-refractivity contribution in [3.05, 3.63) is 54.6 Å². The number of hydrogen-bond donors (Lipinski definition) is 1. The Hall–Kier alpha value is -2.10. The first-order valence-corrected chi connectivity index (χ1v) is 7.47. The molecule has 4 nitrogen and oxygen atoms in total. The zero-order valence-corrected chi connectivity index (χ0v) is 12.7. The van der Waals surface area contributed by atoms with Crippen molar-refractivity contribution in [1.82, 2.24) is 14.9 Å². The van der Waals surface area contributed by atoms with Crippen LogP contribution in [0.15, 0.2) is 48.9 Å². The van der Waals surface area contributed by atoms with Crippen LogP contribution in [0, 0.1) is 5.92 Å². The molecule has 0 aliphatic rings. The van der Waals surface area contributed by atoms with Crippen LogP contribution in [0.1, 0.15) is 32.0 Å². The third-order valence-corrected chi connectivity index (χ3v) is 3.39. The van der Waals surface area contributed by atoms with Crippen molar-refractivity contribution in [3.63, 3.8) is 0 Å². The van der Waals surface area contributed by atoms with E-state index in [2.05, 4.69) is 24.1 Å². The molecule has 0 fully saturated rings. The van der Waals surface area contributed by atoms with Crippen molar-refractivity contribution >= 4 is 5.91 Å². The first-order chi connectivity index (χ1) is 10.2. The van der Waals surface area contributed by atoms with Gasteiger partial charge >= 0.3 is 0 Å². The number of carbonyl (C=O) groups is 1. The fourth-order valence-corrected chi connectivity index (χ4v) is 2.34. The minimum atomic E-state index is -0.135. The summed E-state index contributed by atoms with van der Waals surface area (Å²) in [5, 5.41) is 3.03. The maximum Gasteiger partial charge on any atom is 0.243 e. The lowest BCUT2D eigenvalue weighted by Crippen LogP contribution is -2.34. The van der Waals surface area contributed by atoms with Crippen molar-refractivity contribution in [1.29, 1.82) is 0 Å². The average Bonchev–Trinajstić information content (AvgIpc) is 2.99. The van der Waals surface area contributed by atoms with Gasteiger partial charge in [-0.25, -0.2) is 0 Å². The zero-order valence-electron chi connectivity index (χ0n) is 12.7. The third kappa shape index (κ3) is 4.74. The summed E-state index contributed by atoms with van der Waals surface area (Å²) >= 11 is 0. The molecule has 2 aromatic heterocycles. The lowest BCUT2D eigenvalue weighted by atomic mass is 10.0. The summed E-state index contributed by atoms with van der Waals surface area (Å²) in [7, 11) is 0. The number of rotatable bonds is 7. The van der Waals surface area contributed by atoms with Gasteiger partial charge in [0.05, 0.1) is 0 Å². The van der Waals surface area contributed by atoms with Gasteiger partial charge in [0.2, 0.25) is 5.91 Å². The van der Waals surface area contributed by atoms with E-state index in [0.29, 0.717) is 12.5 Å². The molecule has 0 spiro atoms. The van der Waals surface area contributed by atoms with Gasteiger partial charge in [-0.3, -0.25) is 9.78 Å². The molecule has 0 unspecified atom stereocenters. The van der Waals surface area contributed by atoms with Crippen LogP contribution >= 0.6 is 0 Å². The molecule has 0 saturated carbocycles. The van der Waals surface area contributed by atoms with Gasteiger partial charge in [0, 0.05) is 37.3 Å². The fraction of sp³-hybridized carbons (Fsp3) is 0.412. The van der Waals surface area contributed by atoms with E-state index in [1.54, 1.807) is 6.20 Å². The molecule has 1 amide bonds. The summed E-state index contributed by atoms with van der Waals surface area (Å²) < 4.78 is 1.98. The number of carbonyl (C=O) groups excluding carboxylic acids is 1. The Morgan fingerprint density at radius 1 is 1.24 bits per heavy atom. The molecule has 1 atom stereocenters. The molecule has 1 N–H and O–H groups in total. The average molecular weight is 285 g/mol. The van der Waals surface area contributed by atoms with E-state index in [0.717, 1.165) is 18.5 Å². The standard InChI is InChI=1S/C17H23N3O/c1-14(2)13-16(20-11-5-6-12-20)17(21)19-10-8-15-7-3-4-9-18-15/h3-7,9,11-12,14,16H,8,10,13H2,1-2H3,(H,19,21)/t16-/m0/s1. The number of hydrogen-bond acceptors (Lipinski definition) is 2. The fourth-order valence-electron chi connectivity index (χ4n) is 2.34. The van der Waals surface area contributed by atoms with E-state index in [1.807, 2.05) is 47.3 Å². The monoisotopic (exact) mass is 285 g/mol. The number of nitrogens with zero attached hydrogens (tertiary/aromatic N) is 2. The van der Waals surface area contributed by atoms with Gasteiger partial charge in [-0.1, -0.05) is 19.9 Å². The lowest BCUT2D eigenvalue weighted by molar-refractivity contribution is -0.124. The minimum Gasteiger partial charge on any atom is -0.354 e. The van der Waals surface area contributed by atoms with E-state index in [1.165, 1.54) is 0 Å². The Morgan fingerprint density at radius 2 is 2.00 bits per heavy atom. The van der Waals surface area contributed by atoms with Crippen LogP contribution in [0.25, 0.3) is 0 Å². The van der Waals surface area contributed by atoms with E-state index < -0.39 is 0 Å². The highest BCUT2D eigenvalue weighted by molar-refractivity contribution is 5.80. The van der Waals surface area contributed by atoms with Gasteiger partial charge < -0.3 is 9.88 Å². The van der Waals surface area contributed by atoms with Crippen molar-refractivity contribution in [2.24, 2.45) is 5.92 Å². The molecule has 0 radical (unpaired) electrons. The molecular weight excluding hydrogens is 262 g/mol. The highest BCUT2D eigenvalue weighted by atomic mass is 16.2. The van der Waals surface area contributed by atoms with Gasteiger partial charge in [-0.2, -0.15) is 0 Å². The summed E-state index contributed by atoms with van der Waals surface area (Å²) in [6.07, 6.45) is 7.27. The van der Waals surface area contributed by atoms with Crippen LogP contribution in [0.5, 0.6) is 0 Å². The molecule has 0 saturated heterocycles. The Kier molecular flexibility index (Phi) is 5.55. The Labute approximate surface area is 126 Å². The molecule has 4 heteroatoms. The van der Waals surface area contributed by atoms with Crippen LogP contribution in [-0.2, 0) is 11.2 Å². The lowest BCUT2D eigenvalue weighted by Gasteiger charge is -2.20. The first kappa shape index (κ1) is 15.3. The summed E-state index contributed by atoms with van der Waals surface area (Å²) in [6.45, 7) is 4.89. The molecular formula is C17H23N3O. The first-order valence-electron chi connectivity index (χ1n) is 7.47. The van der Waals surface area contributed by atoms with Crippen molar-refractivity contribution in [2.75, 3.05) is 6.54 Å². The molecule has 0 aliphatic heterocycles. The molecule has 0 bridgehead atoms. The van der Waals surface area contributed by atoms with Gasteiger partial charge in [-0.15, -0.1) is 0 Å². The Morgan fingerprint density at radius 3 is 2.62 bits per heavy atom. The van der Waals surface area contributed by atoms with Crippen LogP contribution in [-0.4, -0.2) is 22.0 Å². The molecule has 2 heterocycles. The van der Waals surface area contributed by atoms with Gasteiger partial charge in [0.25, 0.3) is 0 Å². The van der Waals surface area contributed by atoms with Crippen molar-refractivity contribution in [2.45, 2.75) is 32.7 Å². The van der Waals surface area contributed by atoms with Crippen LogP contribution in [0.3, 0.4) is 0 Å². The highest BCUT2D eigenvalue weighted by Crippen LogP contribution is 2.18. The van der Waals surface area contributed by atoms with Gasteiger partial charge in [0.15, 0.2) is 0 Å². The summed E-state index contributed by atoms with van der Waals surface area (Å²) in [4.78, 5) is 16.7. The van der Waals surface area contributed by atoms with Crippen LogP contribution in [0.2, 0.25) is 0 Å². The Bertz CT molecular complexity index is 534. The maximum absolute atomic E-state index is 12.4.